The molecular weight excluding hydrogens is 350 g/mol. The molecule has 0 amide bonds. The lowest BCUT2D eigenvalue weighted by Gasteiger charge is -2.01. The molecule has 1 aromatic carbocycles. The SMILES string of the molecule is Cc1cccc(-c2nnc(CSc3nnc(-c4ccoc4C)n3C)o2)c1. The molecular formula is C18H17N5O2S. The maximum absolute atomic E-state index is 5.77. The van der Waals surface area contributed by atoms with Crippen LogP contribution in [0.2, 0.25) is 0 Å². The molecule has 0 bridgehead atoms. The monoisotopic (exact) mass is 367 g/mol. The summed E-state index contributed by atoms with van der Waals surface area (Å²) in [6, 6.07) is 9.87. The van der Waals surface area contributed by atoms with Gasteiger partial charge >= 0.3 is 0 Å². The average molecular weight is 367 g/mol. The first kappa shape index (κ1) is 16.6. The Balaban J connectivity index is 1.49. The van der Waals surface area contributed by atoms with Gasteiger partial charge in [0.05, 0.1) is 17.6 Å². The zero-order chi connectivity index (χ0) is 18.1. The summed E-state index contributed by atoms with van der Waals surface area (Å²) in [6.07, 6.45) is 1.65. The Hall–Kier alpha value is -2.87. The highest BCUT2D eigenvalue weighted by atomic mass is 32.2. The number of aryl methyl sites for hydroxylation is 2. The van der Waals surface area contributed by atoms with Crippen molar-refractivity contribution in [1.29, 1.82) is 0 Å². The fourth-order valence-corrected chi connectivity index (χ4v) is 3.37. The van der Waals surface area contributed by atoms with E-state index in [0.717, 1.165) is 33.4 Å². The molecule has 8 heteroatoms. The van der Waals surface area contributed by atoms with Crippen molar-refractivity contribution in [3.8, 4) is 22.8 Å². The number of nitrogens with zero attached hydrogens (tertiary/aromatic N) is 5. The minimum absolute atomic E-state index is 0.523. The van der Waals surface area contributed by atoms with Crippen LogP contribution in [0.3, 0.4) is 0 Å². The summed E-state index contributed by atoms with van der Waals surface area (Å²) in [7, 11) is 1.93. The first-order chi connectivity index (χ1) is 12.6. The van der Waals surface area contributed by atoms with Gasteiger partial charge in [-0.05, 0) is 32.0 Å². The fourth-order valence-electron chi connectivity index (χ4n) is 2.63. The maximum atomic E-state index is 5.77. The predicted octanol–water partition coefficient (Wildman–Crippen LogP) is 4.03. The van der Waals surface area contributed by atoms with Crippen LogP contribution in [0.5, 0.6) is 0 Å². The zero-order valence-electron chi connectivity index (χ0n) is 14.6. The van der Waals surface area contributed by atoms with E-state index in [4.69, 9.17) is 8.83 Å². The van der Waals surface area contributed by atoms with Crippen LogP contribution in [0.15, 0.2) is 50.6 Å². The summed E-state index contributed by atoms with van der Waals surface area (Å²) in [6.45, 7) is 3.94. The van der Waals surface area contributed by atoms with E-state index < -0.39 is 0 Å². The molecule has 132 valence electrons. The number of thioether (sulfide) groups is 1. The first-order valence-corrected chi connectivity index (χ1v) is 9.06. The topological polar surface area (TPSA) is 82.8 Å². The summed E-state index contributed by atoms with van der Waals surface area (Å²) in [5.41, 5.74) is 3.01. The van der Waals surface area contributed by atoms with Crippen molar-refractivity contribution < 1.29 is 8.83 Å². The molecule has 0 unspecified atom stereocenters. The number of aromatic nitrogens is 5. The molecule has 3 aromatic heterocycles. The molecule has 0 spiro atoms. The summed E-state index contributed by atoms with van der Waals surface area (Å²) in [5.74, 6) is 3.18. The highest BCUT2D eigenvalue weighted by molar-refractivity contribution is 7.98. The Kier molecular flexibility index (Phi) is 4.34. The first-order valence-electron chi connectivity index (χ1n) is 8.08. The van der Waals surface area contributed by atoms with Gasteiger partial charge in [0.2, 0.25) is 11.8 Å². The van der Waals surface area contributed by atoms with E-state index in [1.165, 1.54) is 11.8 Å². The lowest BCUT2D eigenvalue weighted by molar-refractivity contribution is 0.528. The van der Waals surface area contributed by atoms with Gasteiger partial charge in [-0.3, -0.25) is 0 Å². The Morgan fingerprint density at radius 1 is 1.08 bits per heavy atom. The van der Waals surface area contributed by atoms with E-state index in [1.54, 1.807) is 6.26 Å². The summed E-state index contributed by atoms with van der Waals surface area (Å²) < 4.78 is 13.0. The van der Waals surface area contributed by atoms with E-state index >= 15 is 0 Å². The summed E-state index contributed by atoms with van der Waals surface area (Å²) in [4.78, 5) is 0. The van der Waals surface area contributed by atoms with Crippen molar-refractivity contribution in [3.63, 3.8) is 0 Å². The van der Waals surface area contributed by atoms with E-state index in [0.29, 0.717) is 17.5 Å². The third-order valence-corrected chi connectivity index (χ3v) is 5.00. The number of furan rings is 1. The van der Waals surface area contributed by atoms with Gasteiger partial charge in [0.15, 0.2) is 11.0 Å². The van der Waals surface area contributed by atoms with Gasteiger partial charge in [0.25, 0.3) is 0 Å². The molecule has 0 aliphatic rings. The number of hydrogen-bond donors (Lipinski definition) is 0. The average Bonchev–Trinajstić information content (AvgIpc) is 3.34. The molecule has 3 heterocycles. The molecule has 0 aliphatic heterocycles. The molecule has 0 aliphatic carbocycles. The second-order valence-corrected chi connectivity index (χ2v) is 6.86. The number of benzene rings is 1. The third kappa shape index (κ3) is 3.15. The molecule has 0 saturated heterocycles. The van der Waals surface area contributed by atoms with E-state index in [2.05, 4.69) is 20.4 Å². The minimum Gasteiger partial charge on any atom is -0.469 e. The molecule has 0 N–H and O–H groups in total. The summed E-state index contributed by atoms with van der Waals surface area (Å²) in [5, 5.41) is 17.5. The molecule has 26 heavy (non-hydrogen) atoms. The van der Waals surface area contributed by atoms with Gasteiger partial charge < -0.3 is 13.4 Å². The van der Waals surface area contributed by atoms with Crippen LogP contribution in [0.1, 0.15) is 17.2 Å². The highest BCUT2D eigenvalue weighted by Crippen LogP contribution is 2.28. The minimum atomic E-state index is 0.523. The maximum Gasteiger partial charge on any atom is 0.247 e. The van der Waals surface area contributed by atoms with Gasteiger partial charge in [0.1, 0.15) is 5.76 Å². The Morgan fingerprint density at radius 2 is 1.96 bits per heavy atom. The van der Waals surface area contributed by atoms with Crippen molar-refractivity contribution in [2.45, 2.75) is 24.8 Å². The van der Waals surface area contributed by atoms with E-state index in [9.17, 15) is 0 Å². The fraction of sp³-hybridized carbons (Fsp3) is 0.222. The smallest absolute Gasteiger partial charge is 0.247 e. The third-order valence-electron chi connectivity index (χ3n) is 3.99. The normalized spacial score (nSPS) is 11.2. The van der Waals surface area contributed by atoms with Gasteiger partial charge in [-0.2, -0.15) is 0 Å². The Labute approximate surface area is 154 Å². The van der Waals surface area contributed by atoms with Crippen molar-refractivity contribution in [1.82, 2.24) is 25.0 Å². The molecule has 4 rings (SSSR count). The lowest BCUT2D eigenvalue weighted by Crippen LogP contribution is -1.95. The molecule has 0 fully saturated rings. The quantitative estimate of drug-likeness (QED) is 0.492. The Bertz CT molecular complexity index is 1050. The molecule has 0 atom stereocenters. The Morgan fingerprint density at radius 3 is 2.73 bits per heavy atom. The van der Waals surface area contributed by atoms with Crippen LogP contribution in [-0.4, -0.2) is 25.0 Å². The standard InChI is InChI=1S/C18H17N5O2S/c1-11-5-4-6-13(9-11)17-21-19-15(25-17)10-26-18-22-20-16(23(18)3)14-7-8-24-12(14)2/h4-9H,10H2,1-3H3. The van der Waals surface area contributed by atoms with Crippen LogP contribution < -0.4 is 0 Å². The second kappa shape index (κ2) is 6.80. The lowest BCUT2D eigenvalue weighted by atomic mass is 10.1. The van der Waals surface area contributed by atoms with Gasteiger partial charge in [-0.15, -0.1) is 20.4 Å². The summed E-state index contributed by atoms with van der Waals surface area (Å²) >= 11 is 1.50. The van der Waals surface area contributed by atoms with Crippen molar-refractivity contribution >= 4 is 11.8 Å². The molecule has 7 nitrogen and oxygen atoms in total. The van der Waals surface area contributed by atoms with Crippen LogP contribution in [0, 0.1) is 13.8 Å². The van der Waals surface area contributed by atoms with Gasteiger partial charge in [-0.1, -0.05) is 29.5 Å². The van der Waals surface area contributed by atoms with Crippen molar-refractivity contribution in [2.24, 2.45) is 7.05 Å². The number of rotatable bonds is 5. The highest BCUT2D eigenvalue weighted by Gasteiger charge is 2.16. The van der Waals surface area contributed by atoms with Gasteiger partial charge in [0, 0.05) is 12.6 Å². The molecule has 0 saturated carbocycles. The second-order valence-electron chi connectivity index (χ2n) is 5.91. The van der Waals surface area contributed by atoms with E-state index in [-0.39, 0.29) is 0 Å². The van der Waals surface area contributed by atoms with Crippen LogP contribution in [0.4, 0.5) is 0 Å². The van der Waals surface area contributed by atoms with E-state index in [1.807, 2.05) is 55.8 Å². The zero-order valence-corrected chi connectivity index (χ0v) is 15.4. The van der Waals surface area contributed by atoms with Crippen LogP contribution in [0.25, 0.3) is 22.8 Å². The van der Waals surface area contributed by atoms with Gasteiger partial charge in [-0.25, -0.2) is 0 Å². The van der Waals surface area contributed by atoms with Crippen LogP contribution >= 0.6 is 11.8 Å². The van der Waals surface area contributed by atoms with Crippen molar-refractivity contribution in [2.75, 3.05) is 0 Å². The van der Waals surface area contributed by atoms with Crippen molar-refractivity contribution in [3.05, 3.63) is 53.8 Å². The molecule has 4 aromatic rings. The largest absolute Gasteiger partial charge is 0.469 e. The predicted molar refractivity (Wildman–Crippen MR) is 97.5 cm³/mol. The molecule has 0 radical (unpaired) electrons. The van der Waals surface area contributed by atoms with Crippen LogP contribution in [-0.2, 0) is 12.8 Å². The number of hydrogen-bond acceptors (Lipinski definition) is 7.